The maximum Gasteiger partial charge on any atom is 0.227 e. The Kier molecular flexibility index (Phi) is 6.46. The number of nitrogens with zero attached hydrogens (tertiary/aromatic N) is 3. The van der Waals surface area contributed by atoms with E-state index in [-0.39, 0.29) is 18.2 Å². The third-order valence-corrected chi connectivity index (χ3v) is 4.20. The zero-order chi connectivity index (χ0) is 19.8. The number of nitrogens with one attached hydrogen (secondary N) is 1. The molecule has 0 fully saturated rings. The maximum atomic E-state index is 13.0. The van der Waals surface area contributed by atoms with Gasteiger partial charge in [-0.1, -0.05) is 18.2 Å². The molecule has 0 atom stereocenters. The van der Waals surface area contributed by atoms with E-state index < -0.39 is 0 Å². The first kappa shape index (κ1) is 19.2. The molecule has 1 aromatic carbocycles. The van der Waals surface area contributed by atoms with E-state index in [4.69, 9.17) is 0 Å². The normalized spacial score (nSPS) is 10.3. The van der Waals surface area contributed by atoms with Crippen LogP contribution in [-0.4, -0.2) is 26.7 Å². The second-order valence-electron chi connectivity index (χ2n) is 6.52. The average molecular weight is 374 g/mol. The fraction of sp³-hybridized carbons (Fsp3) is 0.182. The van der Waals surface area contributed by atoms with Crippen LogP contribution in [0.3, 0.4) is 0 Å². The van der Waals surface area contributed by atoms with Gasteiger partial charge in [0.2, 0.25) is 11.8 Å². The number of pyridine rings is 2. The van der Waals surface area contributed by atoms with E-state index in [1.54, 1.807) is 36.9 Å². The number of amides is 2. The molecule has 3 rings (SSSR count). The van der Waals surface area contributed by atoms with Gasteiger partial charge in [0.15, 0.2) is 0 Å². The summed E-state index contributed by atoms with van der Waals surface area (Å²) in [7, 11) is 0. The lowest BCUT2D eigenvalue weighted by Crippen LogP contribution is -2.31. The van der Waals surface area contributed by atoms with Gasteiger partial charge in [0.1, 0.15) is 0 Å². The summed E-state index contributed by atoms with van der Waals surface area (Å²) in [6, 6.07) is 15.0. The molecule has 2 amide bonds. The second-order valence-corrected chi connectivity index (χ2v) is 6.52. The monoisotopic (exact) mass is 374 g/mol. The lowest BCUT2D eigenvalue weighted by molar-refractivity contribution is -0.131. The van der Waals surface area contributed by atoms with Crippen LogP contribution < -0.4 is 5.32 Å². The molecule has 2 aromatic heterocycles. The molecule has 0 bridgehead atoms. The minimum atomic E-state index is -0.121. The SMILES string of the molecule is CC(=O)Nc1ccc(CC(=O)N(Cc2ccncc2)Cc2cccnc2)cc1. The van der Waals surface area contributed by atoms with Crippen LogP contribution in [-0.2, 0) is 29.1 Å². The number of benzene rings is 1. The number of aromatic nitrogens is 2. The molecule has 0 saturated carbocycles. The standard InChI is InChI=1S/C22H22N4O2/c1-17(27)25-21-6-4-18(5-7-21)13-22(28)26(15-19-8-11-23-12-9-19)16-20-3-2-10-24-14-20/h2-12,14H,13,15-16H2,1H3,(H,25,27). The van der Waals surface area contributed by atoms with Crippen molar-refractivity contribution in [3.63, 3.8) is 0 Å². The molecular formula is C22H22N4O2. The number of hydrogen-bond acceptors (Lipinski definition) is 4. The van der Waals surface area contributed by atoms with E-state index in [2.05, 4.69) is 15.3 Å². The molecule has 3 aromatic rings. The van der Waals surface area contributed by atoms with Crippen LogP contribution in [0.25, 0.3) is 0 Å². The van der Waals surface area contributed by atoms with Gasteiger partial charge >= 0.3 is 0 Å². The molecule has 0 unspecified atom stereocenters. The summed E-state index contributed by atoms with van der Waals surface area (Å²) in [6.45, 7) is 2.45. The van der Waals surface area contributed by atoms with Crippen molar-refractivity contribution >= 4 is 17.5 Å². The van der Waals surface area contributed by atoms with E-state index >= 15 is 0 Å². The molecule has 0 aliphatic heterocycles. The lowest BCUT2D eigenvalue weighted by atomic mass is 10.1. The molecular weight excluding hydrogens is 352 g/mol. The Morgan fingerprint density at radius 2 is 1.57 bits per heavy atom. The van der Waals surface area contributed by atoms with Gasteiger partial charge in [-0.25, -0.2) is 0 Å². The van der Waals surface area contributed by atoms with Crippen molar-refractivity contribution < 1.29 is 9.59 Å². The Hall–Kier alpha value is -3.54. The lowest BCUT2D eigenvalue weighted by Gasteiger charge is -2.23. The number of rotatable bonds is 7. The van der Waals surface area contributed by atoms with Crippen LogP contribution in [0, 0.1) is 0 Å². The Morgan fingerprint density at radius 3 is 2.21 bits per heavy atom. The summed E-state index contributed by atoms with van der Waals surface area (Å²) in [5.74, 6) is -0.100. The van der Waals surface area contributed by atoms with Crippen molar-refractivity contribution in [2.45, 2.75) is 26.4 Å². The molecule has 28 heavy (non-hydrogen) atoms. The van der Waals surface area contributed by atoms with Crippen LogP contribution in [0.5, 0.6) is 0 Å². The maximum absolute atomic E-state index is 13.0. The predicted molar refractivity (Wildman–Crippen MR) is 107 cm³/mol. The first-order valence-electron chi connectivity index (χ1n) is 9.02. The molecule has 6 nitrogen and oxygen atoms in total. The van der Waals surface area contributed by atoms with Crippen LogP contribution in [0.2, 0.25) is 0 Å². The van der Waals surface area contributed by atoms with Crippen LogP contribution >= 0.6 is 0 Å². The summed E-state index contributed by atoms with van der Waals surface area (Å²) in [5, 5.41) is 2.73. The Labute approximate surface area is 164 Å². The van der Waals surface area contributed by atoms with Crippen LogP contribution in [0.15, 0.2) is 73.3 Å². The number of carbonyl (C=O) groups is 2. The topological polar surface area (TPSA) is 75.2 Å². The predicted octanol–water partition coefficient (Wildman–Crippen LogP) is 3.21. The van der Waals surface area contributed by atoms with Crippen molar-refractivity contribution in [1.29, 1.82) is 0 Å². The third kappa shape index (κ3) is 5.74. The van der Waals surface area contributed by atoms with Gasteiger partial charge in [0, 0.05) is 50.5 Å². The molecule has 0 spiro atoms. The first-order valence-corrected chi connectivity index (χ1v) is 9.02. The Bertz CT molecular complexity index is 871. The summed E-state index contributed by atoms with van der Waals surface area (Å²) in [4.78, 5) is 34.1. The fourth-order valence-corrected chi connectivity index (χ4v) is 2.85. The average Bonchev–Trinajstić information content (AvgIpc) is 2.70. The van der Waals surface area contributed by atoms with Gasteiger partial charge < -0.3 is 10.2 Å². The molecule has 142 valence electrons. The van der Waals surface area contributed by atoms with E-state index in [9.17, 15) is 9.59 Å². The van der Waals surface area contributed by atoms with Crippen molar-refractivity contribution in [3.05, 3.63) is 90.0 Å². The van der Waals surface area contributed by atoms with E-state index in [0.29, 0.717) is 18.8 Å². The summed E-state index contributed by atoms with van der Waals surface area (Å²) in [5.41, 5.74) is 3.61. The fourth-order valence-electron chi connectivity index (χ4n) is 2.85. The van der Waals surface area contributed by atoms with E-state index in [0.717, 1.165) is 16.7 Å². The van der Waals surface area contributed by atoms with Gasteiger partial charge in [-0.05, 0) is 47.0 Å². The highest BCUT2D eigenvalue weighted by Crippen LogP contribution is 2.14. The molecule has 2 heterocycles. The molecule has 0 aliphatic carbocycles. The Morgan fingerprint density at radius 1 is 0.857 bits per heavy atom. The van der Waals surface area contributed by atoms with Gasteiger partial charge in [-0.15, -0.1) is 0 Å². The molecule has 0 aliphatic rings. The van der Waals surface area contributed by atoms with Crippen molar-refractivity contribution in [1.82, 2.24) is 14.9 Å². The highest BCUT2D eigenvalue weighted by Gasteiger charge is 2.15. The second kappa shape index (κ2) is 9.41. The first-order chi connectivity index (χ1) is 13.6. The van der Waals surface area contributed by atoms with Crippen molar-refractivity contribution in [2.24, 2.45) is 0 Å². The molecule has 0 saturated heterocycles. The minimum Gasteiger partial charge on any atom is -0.334 e. The van der Waals surface area contributed by atoms with Crippen LogP contribution in [0.4, 0.5) is 5.69 Å². The summed E-state index contributed by atoms with van der Waals surface area (Å²) in [6.07, 6.45) is 7.22. The van der Waals surface area contributed by atoms with E-state index in [1.807, 2.05) is 41.3 Å². The zero-order valence-electron chi connectivity index (χ0n) is 15.7. The van der Waals surface area contributed by atoms with Gasteiger partial charge in [-0.3, -0.25) is 19.6 Å². The summed E-state index contributed by atoms with van der Waals surface area (Å²) >= 11 is 0. The van der Waals surface area contributed by atoms with E-state index in [1.165, 1.54) is 6.92 Å². The van der Waals surface area contributed by atoms with Gasteiger partial charge in [0.05, 0.1) is 6.42 Å². The van der Waals surface area contributed by atoms with Crippen molar-refractivity contribution in [3.8, 4) is 0 Å². The minimum absolute atomic E-state index is 0.0212. The zero-order valence-corrected chi connectivity index (χ0v) is 15.7. The van der Waals surface area contributed by atoms with Crippen molar-refractivity contribution in [2.75, 3.05) is 5.32 Å². The quantitative estimate of drug-likeness (QED) is 0.689. The molecule has 6 heteroatoms. The van der Waals surface area contributed by atoms with Gasteiger partial charge in [0.25, 0.3) is 0 Å². The highest BCUT2D eigenvalue weighted by molar-refractivity contribution is 5.88. The number of hydrogen-bond donors (Lipinski definition) is 1. The van der Waals surface area contributed by atoms with Gasteiger partial charge in [-0.2, -0.15) is 0 Å². The van der Waals surface area contributed by atoms with Crippen LogP contribution in [0.1, 0.15) is 23.6 Å². The highest BCUT2D eigenvalue weighted by atomic mass is 16.2. The largest absolute Gasteiger partial charge is 0.334 e. The smallest absolute Gasteiger partial charge is 0.227 e. The third-order valence-electron chi connectivity index (χ3n) is 4.20. The Balaban J connectivity index is 1.72. The molecule has 1 N–H and O–H groups in total. The molecule has 0 radical (unpaired) electrons. The number of anilines is 1. The summed E-state index contributed by atoms with van der Waals surface area (Å²) < 4.78 is 0. The number of carbonyl (C=O) groups excluding carboxylic acids is 2.